The molecule has 0 aromatic heterocycles. The van der Waals surface area contributed by atoms with Crippen LogP contribution in [0.1, 0.15) is 12.5 Å². The number of rotatable bonds is 1. The summed E-state index contributed by atoms with van der Waals surface area (Å²) >= 11 is 0. The van der Waals surface area contributed by atoms with Gasteiger partial charge in [-0.15, -0.1) is 0 Å². The fourth-order valence-corrected chi connectivity index (χ4v) is 0.650. The third kappa shape index (κ3) is 17.3. The van der Waals surface area contributed by atoms with Crippen LogP contribution in [0.15, 0.2) is 24.3 Å². The molecule has 0 fully saturated rings. The Balaban J connectivity index is -0.0000000625. The monoisotopic (exact) mass is 232 g/mol. The van der Waals surface area contributed by atoms with E-state index in [1.165, 1.54) is 5.56 Å². The van der Waals surface area contributed by atoms with Gasteiger partial charge in [-0.2, -0.15) is 23.8 Å². The minimum atomic E-state index is 0. The molecule has 0 saturated heterocycles. The van der Waals surface area contributed by atoms with Gasteiger partial charge in [0.25, 0.3) is 0 Å². The molecule has 0 aliphatic carbocycles. The average Bonchev–Trinajstić information content (AvgIpc) is 2.79. The molecule has 0 atom stereocenters. The van der Waals surface area contributed by atoms with Crippen molar-refractivity contribution in [3.8, 4) is 0 Å². The summed E-state index contributed by atoms with van der Waals surface area (Å²) in [6.45, 7) is 15.7. The molecule has 14 heavy (non-hydrogen) atoms. The standard InChI is InChI=1S/C7H9.3CO.Mn/c1-2-7-5-3-4-6-7;3*1-2;/h3-6H,2H2,1H3;;;;/q-1;;;;. The normalized spacial score (nSPS) is 5.07. The van der Waals surface area contributed by atoms with Crippen molar-refractivity contribution in [3.05, 3.63) is 49.8 Å². The third-order valence-electron chi connectivity index (χ3n) is 1.14. The van der Waals surface area contributed by atoms with E-state index in [9.17, 15) is 0 Å². The van der Waals surface area contributed by atoms with Gasteiger partial charge in [-0.1, -0.05) is 13.3 Å². The van der Waals surface area contributed by atoms with Gasteiger partial charge < -0.3 is 0 Å². The summed E-state index contributed by atoms with van der Waals surface area (Å²) in [4.78, 5) is 0. The van der Waals surface area contributed by atoms with E-state index < -0.39 is 0 Å². The fraction of sp³-hybridized carbons (Fsp3) is 0.200. The van der Waals surface area contributed by atoms with Gasteiger partial charge in [-0.05, 0) is 0 Å². The Hall–Kier alpha value is -0.911. The van der Waals surface area contributed by atoms with Crippen LogP contribution in [0.3, 0.4) is 0 Å². The minimum absolute atomic E-state index is 0. The Bertz CT molecular complexity index is 207. The molecule has 3 nitrogen and oxygen atoms in total. The first-order valence-electron chi connectivity index (χ1n) is 3.25. The molecule has 1 radical (unpaired) electrons. The van der Waals surface area contributed by atoms with Gasteiger partial charge in [0.1, 0.15) is 0 Å². The van der Waals surface area contributed by atoms with E-state index in [-0.39, 0.29) is 17.1 Å². The molecule has 0 N–H and O–H groups in total. The van der Waals surface area contributed by atoms with Gasteiger partial charge in [0.2, 0.25) is 0 Å². The van der Waals surface area contributed by atoms with Crippen molar-refractivity contribution in [2.75, 3.05) is 0 Å². The van der Waals surface area contributed by atoms with E-state index in [1.807, 2.05) is 0 Å². The first-order valence-corrected chi connectivity index (χ1v) is 3.25. The van der Waals surface area contributed by atoms with E-state index in [0.29, 0.717) is 0 Å². The minimum Gasteiger partial charge on any atom is 0 e. The maximum absolute atomic E-state index is 7.50. The van der Waals surface area contributed by atoms with Crippen LogP contribution in [-0.4, -0.2) is 0 Å². The molecule has 1 rings (SSSR count). The molecule has 1 aromatic carbocycles. The van der Waals surface area contributed by atoms with Gasteiger partial charge in [-0.3, -0.25) is 0 Å². The summed E-state index contributed by atoms with van der Waals surface area (Å²) in [5.74, 6) is 0. The van der Waals surface area contributed by atoms with Gasteiger partial charge >= 0.3 is 33.9 Å². The molecule has 0 saturated carbocycles. The van der Waals surface area contributed by atoms with Crippen LogP contribution >= 0.6 is 0 Å². The maximum Gasteiger partial charge on any atom is 0 e. The van der Waals surface area contributed by atoms with E-state index in [0.717, 1.165) is 6.42 Å². The summed E-state index contributed by atoms with van der Waals surface area (Å²) in [7, 11) is 0. The van der Waals surface area contributed by atoms with Crippen molar-refractivity contribution in [3.63, 3.8) is 0 Å². The molecule has 1 aromatic rings. The molecule has 0 bridgehead atoms. The zero-order valence-corrected chi connectivity index (χ0v) is 8.80. The molecule has 75 valence electrons. The molecule has 0 heterocycles. The number of hydrogen-bond donors (Lipinski definition) is 0. The van der Waals surface area contributed by atoms with Crippen molar-refractivity contribution in [1.82, 2.24) is 0 Å². The molecule has 0 aliphatic rings. The summed E-state index contributed by atoms with van der Waals surface area (Å²) in [6.07, 6.45) is 1.16. The Morgan fingerprint density at radius 3 is 1.71 bits per heavy atom. The molecule has 0 aliphatic heterocycles. The van der Waals surface area contributed by atoms with Crippen LogP contribution in [0, 0.1) is 20.0 Å². The van der Waals surface area contributed by atoms with Crippen molar-refractivity contribution >= 4 is 0 Å². The van der Waals surface area contributed by atoms with E-state index in [1.54, 1.807) is 0 Å². The van der Waals surface area contributed by atoms with E-state index in [4.69, 9.17) is 14.0 Å². The van der Waals surface area contributed by atoms with Crippen molar-refractivity contribution in [1.29, 1.82) is 0 Å². The summed E-state index contributed by atoms with van der Waals surface area (Å²) in [6, 6.07) is 8.41. The summed E-state index contributed by atoms with van der Waals surface area (Å²) < 4.78 is 22.5. The maximum atomic E-state index is 7.50. The topological polar surface area (TPSA) is 59.7 Å². The first kappa shape index (κ1) is 23.2. The van der Waals surface area contributed by atoms with Crippen LogP contribution in [0.5, 0.6) is 0 Å². The Kier molecular flexibility index (Phi) is 48.9. The second-order valence-corrected chi connectivity index (χ2v) is 1.65. The SMILES string of the molecule is CCc1cc[cH-]c1.[C-]#[O+].[C-]#[O+].[C-]#[O+].[Mn]. The van der Waals surface area contributed by atoms with Crippen LogP contribution < -0.4 is 0 Å². The van der Waals surface area contributed by atoms with Gasteiger partial charge in [0.05, 0.1) is 0 Å². The third-order valence-corrected chi connectivity index (χ3v) is 1.14. The summed E-state index contributed by atoms with van der Waals surface area (Å²) in [5.41, 5.74) is 1.43. The van der Waals surface area contributed by atoms with E-state index >= 15 is 0 Å². The smallest absolute Gasteiger partial charge is 0 e. The predicted molar refractivity (Wildman–Crippen MR) is 43.2 cm³/mol. The van der Waals surface area contributed by atoms with E-state index in [2.05, 4.69) is 51.1 Å². The zero-order valence-electron chi connectivity index (χ0n) is 7.62. The van der Waals surface area contributed by atoms with Crippen molar-refractivity contribution in [2.45, 2.75) is 13.3 Å². The Labute approximate surface area is 94.5 Å². The van der Waals surface area contributed by atoms with Crippen LogP contribution in [0.25, 0.3) is 0 Å². The van der Waals surface area contributed by atoms with Gasteiger partial charge in [0, 0.05) is 17.1 Å². The number of hydrogen-bond acceptors (Lipinski definition) is 0. The molecule has 0 amide bonds. The molecule has 0 unspecified atom stereocenters. The van der Waals surface area contributed by atoms with Crippen LogP contribution in [0.4, 0.5) is 0 Å². The first-order chi connectivity index (χ1) is 6.43. The predicted octanol–water partition coefficient (Wildman–Crippen LogP) is 1.85. The Morgan fingerprint density at radius 2 is 1.57 bits per heavy atom. The van der Waals surface area contributed by atoms with Crippen LogP contribution in [-0.2, 0) is 37.4 Å². The zero-order chi connectivity index (χ0) is 11.1. The summed E-state index contributed by atoms with van der Waals surface area (Å²) in [5, 5.41) is 0. The number of aryl methyl sites for hydroxylation is 1. The fourth-order valence-electron chi connectivity index (χ4n) is 0.650. The quantitative estimate of drug-likeness (QED) is 0.403. The molecule has 0 spiro atoms. The largest absolute Gasteiger partial charge is 0 e. The molecular formula is C10H9MnO3-. The van der Waals surface area contributed by atoms with Crippen molar-refractivity contribution in [2.24, 2.45) is 0 Å². The second kappa shape index (κ2) is 29.6. The average molecular weight is 232 g/mol. The second-order valence-electron chi connectivity index (χ2n) is 1.65. The molecule has 4 heteroatoms. The van der Waals surface area contributed by atoms with Crippen LogP contribution in [0.2, 0.25) is 0 Å². The van der Waals surface area contributed by atoms with Gasteiger partial charge in [-0.25, -0.2) is 6.07 Å². The van der Waals surface area contributed by atoms with Crippen molar-refractivity contribution < 1.29 is 31.0 Å². The molecular weight excluding hydrogens is 223 g/mol. The Morgan fingerprint density at radius 1 is 1.14 bits per heavy atom. The van der Waals surface area contributed by atoms with Gasteiger partial charge in [0.15, 0.2) is 0 Å².